The SMILES string of the molecule is CSCC[C@H]([NH3+])C(N)=O.[Cl-]. The first-order valence-corrected chi connectivity index (χ1v) is 4.19. The van der Waals surface area contributed by atoms with Crippen LogP contribution in [0.3, 0.4) is 0 Å². The molecule has 0 saturated heterocycles. The highest BCUT2D eigenvalue weighted by Crippen LogP contribution is 1.96. The van der Waals surface area contributed by atoms with E-state index >= 15 is 0 Å². The lowest BCUT2D eigenvalue weighted by molar-refractivity contribution is -0.403. The molecule has 5 N–H and O–H groups in total. The number of halogens is 1. The number of carbonyl (C=O) groups excluding carboxylic acids is 1. The van der Waals surface area contributed by atoms with E-state index in [1.165, 1.54) is 0 Å². The number of amides is 1. The van der Waals surface area contributed by atoms with E-state index in [0.717, 1.165) is 12.2 Å². The fourth-order valence-electron chi connectivity index (χ4n) is 0.402. The van der Waals surface area contributed by atoms with Crippen LogP contribution in [0.5, 0.6) is 0 Å². The molecule has 5 heteroatoms. The molecule has 0 heterocycles. The fraction of sp³-hybridized carbons (Fsp3) is 0.800. The van der Waals surface area contributed by atoms with Crippen molar-refractivity contribution in [2.75, 3.05) is 12.0 Å². The molecule has 0 radical (unpaired) electrons. The van der Waals surface area contributed by atoms with Crippen LogP contribution in [0.15, 0.2) is 0 Å². The molecule has 0 aliphatic rings. The summed E-state index contributed by atoms with van der Waals surface area (Å²) in [6.45, 7) is 0. The average molecular weight is 185 g/mol. The van der Waals surface area contributed by atoms with E-state index in [0.29, 0.717) is 0 Å². The minimum Gasteiger partial charge on any atom is -1.00 e. The summed E-state index contributed by atoms with van der Waals surface area (Å²) in [5.74, 6) is 0.654. The first-order valence-electron chi connectivity index (χ1n) is 2.79. The van der Waals surface area contributed by atoms with Crippen LogP contribution in [0, 0.1) is 0 Å². The molecule has 0 bridgehead atoms. The molecule has 0 rings (SSSR count). The van der Waals surface area contributed by atoms with E-state index in [1.54, 1.807) is 11.8 Å². The zero-order valence-electron chi connectivity index (χ0n) is 5.97. The van der Waals surface area contributed by atoms with Crippen LogP contribution in [0.4, 0.5) is 0 Å². The second kappa shape index (κ2) is 7.18. The van der Waals surface area contributed by atoms with Crippen molar-refractivity contribution in [1.29, 1.82) is 0 Å². The summed E-state index contributed by atoms with van der Waals surface area (Å²) in [4.78, 5) is 10.4. The Hall–Kier alpha value is 0.0700. The number of quaternary nitrogens is 1. The number of carbonyl (C=O) groups is 1. The van der Waals surface area contributed by atoms with Gasteiger partial charge in [0.05, 0.1) is 0 Å². The molecular weight excluding hydrogens is 172 g/mol. The Morgan fingerprint density at radius 1 is 1.80 bits per heavy atom. The summed E-state index contributed by atoms with van der Waals surface area (Å²) < 4.78 is 0. The maximum Gasteiger partial charge on any atom is 0.275 e. The van der Waals surface area contributed by atoms with Crippen LogP contribution in [0.2, 0.25) is 0 Å². The standard InChI is InChI=1S/C5H12N2OS.ClH/c1-9-3-2-4(6)5(7)8;/h4H,2-3,6H2,1H3,(H2,7,8);1H/t4-;/m0./s1. The molecule has 0 saturated carbocycles. The van der Waals surface area contributed by atoms with Crippen molar-refractivity contribution in [3.63, 3.8) is 0 Å². The van der Waals surface area contributed by atoms with E-state index < -0.39 is 0 Å². The predicted octanol–water partition coefficient (Wildman–Crippen LogP) is -4.16. The van der Waals surface area contributed by atoms with Gasteiger partial charge in [0, 0.05) is 6.42 Å². The minimum atomic E-state index is -0.302. The van der Waals surface area contributed by atoms with Gasteiger partial charge in [-0.3, -0.25) is 4.79 Å². The Labute approximate surface area is 71.3 Å². The minimum absolute atomic E-state index is 0. The third kappa shape index (κ3) is 6.19. The van der Waals surface area contributed by atoms with Crippen LogP contribution < -0.4 is 23.9 Å². The zero-order chi connectivity index (χ0) is 7.28. The molecule has 10 heavy (non-hydrogen) atoms. The van der Waals surface area contributed by atoms with Crippen molar-refractivity contribution in [1.82, 2.24) is 0 Å². The number of thioether (sulfide) groups is 1. The first-order chi connectivity index (χ1) is 4.18. The first kappa shape index (κ1) is 12.7. The lowest BCUT2D eigenvalue weighted by atomic mass is 10.2. The molecule has 0 aromatic heterocycles. The molecule has 0 aromatic rings. The van der Waals surface area contributed by atoms with E-state index in [1.807, 2.05) is 6.26 Å². The molecule has 0 fully saturated rings. The Morgan fingerprint density at radius 3 is 2.60 bits per heavy atom. The second-order valence-corrected chi connectivity index (χ2v) is 2.87. The number of primary amides is 1. The van der Waals surface area contributed by atoms with Crippen LogP contribution >= 0.6 is 11.8 Å². The predicted molar refractivity (Wildman–Crippen MR) is 38.9 cm³/mol. The largest absolute Gasteiger partial charge is 1.00 e. The number of hydrogen-bond donors (Lipinski definition) is 2. The molecule has 0 spiro atoms. The lowest BCUT2D eigenvalue weighted by Gasteiger charge is -2.00. The van der Waals surface area contributed by atoms with Gasteiger partial charge in [-0.15, -0.1) is 0 Å². The van der Waals surface area contributed by atoms with Crippen molar-refractivity contribution in [3.05, 3.63) is 0 Å². The zero-order valence-corrected chi connectivity index (χ0v) is 7.54. The van der Waals surface area contributed by atoms with Crippen LogP contribution in [0.1, 0.15) is 6.42 Å². The maximum absolute atomic E-state index is 10.4. The van der Waals surface area contributed by atoms with Crippen molar-refractivity contribution >= 4 is 17.7 Å². The fourth-order valence-corrected chi connectivity index (χ4v) is 0.923. The van der Waals surface area contributed by atoms with E-state index in [-0.39, 0.29) is 24.4 Å². The second-order valence-electron chi connectivity index (χ2n) is 1.88. The lowest BCUT2D eigenvalue weighted by Crippen LogP contribution is -3.00. The van der Waals surface area contributed by atoms with Gasteiger partial charge in [0.1, 0.15) is 0 Å². The van der Waals surface area contributed by atoms with Crippen LogP contribution in [-0.2, 0) is 4.79 Å². The number of rotatable bonds is 4. The molecule has 0 unspecified atom stereocenters. The monoisotopic (exact) mass is 184 g/mol. The van der Waals surface area contributed by atoms with Gasteiger partial charge in [0.15, 0.2) is 6.04 Å². The van der Waals surface area contributed by atoms with E-state index in [2.05, 4.69) is 5.73 Å². The maximum atomic E-state index is 10.4. The van der Waals surface area contributed by atoms with Crippen molar-refractivity contribution in [2.45, 2.75) is 12.5 Å². The molecule has 0 aromatic carbocycles. The van der Waals surface area contributed by atoms with Crippen molar-refractivity contribution in [3.8, 4) is 0 Å². The summed E-state index contributed by atoms with van der Waals surface area (Å²) >= 11 is 1.70. The van der Waals surface area contributed by atoms with Gasteiger partial charge in [-0.1, -0.05) is 0 Å². The molecular formula is C5H13ClN2OS. The third-order valence-electron chi connectivity index (χ3n) is 1.07. The smallest absolute Gasteiger partial charge is 0.275 e. The van der Waals surface area contributed by atoms with Crippen LogP contribution in [0.25, 0.3) is 0 Å². The van der Waals surface area contributed by atoms with Gasteiger partial charge in [0.25, 0.3) is 5.91 Å². The molecule has 3 nitrogen and oxygen atoms in total. The van der Waals surface area contributed by atoms with Gasteiger partial charge < -0.3 is 23.9 Å². The van der Waals surface area contributed by atoms with Crippen LogP contribution in [-0.4, -0.2) is 24.0 Å². The average Bonchev–Trinajstić information content (AvgIpc) is 1.82. The number of hydrogen-bond acceptors (Lipinski definition) is 2. The van der Waals surface area contributed by atoms with Gasteiger partial charge >= 0.3 is 0 Å². The Morgan fingerprint density at radius 2 is 2.30 bits per heavy atom. The quantitative estimate of drug-likeness (QED) is 0.466. The van der Waals surface area contributed by atoms with Crippen molar-refractivity contribution < 1.29 is 22.9 Å². The highest BCUT2D eigenvalue weighted by Gasteiger charge is 2.10. The Kier molecular flexibility index (Phi) is 9.13. The van der Waals surface area contributed by atoms with Gasteiger partial charge in [-0.25, -0.2) is 0 Å². The Bertz CT molecular complexity index is 102. The van der Waals surface area contributed by atoms with E-state index in [4.69, 9.17) is 5.73 Å². The molecule has 1 atom stereocenters. The topological polar surface area (TPSA) is 70.7 Å². The molecule has 0 aliphatic heterocycles. The van der Waals surface area contributed by atoms with Crippen molar-refractivity contribution in [2.24, 2.45) is 5.73 Å². The summed E-state index contributed by atoms with van der Waals surface area (Å²) in [6.07, 6.45) is 2.78. The summed E-state index contributed by atoms with van der Waals surface area (Å²) in [6, 6.07) is -0.211. The Balaban J connectivity index is 0. The molecule has 62 valence electrons. The van der Waals surface area contributed by atoms with Gasteiger partial charge in [-0.05, 0) is 12.0 Å². The summed E-state index contributed by atoms with van der Waals surface area (Å²) in [5.41, 5.74) is 8.55. The third-order valence-corrected chi connectivity index (χ3v) is 1.72. The molecule has 1 amide bonds. The molecule has 0 aliphatic carbocycles. The summed E-state index contributed by atoms with van der Waals surface area (Å²) in [5, 5.41) is 0. The van der Waals surface area contributed by atoms with Gasteiger partial charge in [-0.2, -0.15) is 11.8 Å². The van der Waals surface area contributed by atoms with Gasteiger partial charge in [0.2, 0.25) is 0 Å². The highest BCUT2D eigenvalue weighted by molar-refractivity contribution is 7.98. The van der Waals surface area contributed by atoms with E-state index in [9.17, 15) is 4.79 Å². The number of nitrogens with two attached hydrogens (primary N) is 1. The normalized spacial score (nSPS) is 11.8. The highest BCUT2D eigenvalue weighted by atomic mass is 35.5. The summed E-state index contributed by atoms with van der Waals surface area (Å²) in [7, 11) is 0.